The number of hydrogen-bond donors (Lipinski definition) is 1. The van der Waals surface area contributed by atoms with Gasteiger partial charge in [0.25, 0.3) is 0 Å². The standard InChI is InChI=1S/C16H21N5O3S/c1-10-4-5-12(6-11(10)2)21-16(25)20(17-18-21)9-19-8-13(22)7-14(19)15(23)24-3/h4-6,13-14,22H,7-9H2,1-3H3/t13-,14-/m0/s1. The number of nitrogens with zero attached hydrogens (tertiary/aromatic N) is 5. The fraction of sp³-hybridized carbons (Fsp3) is 0.500. The quantitative estimate of drug-likeness (QED) is 0.640. The summed E-state index contributed by atoms with van der Waals surface area (Å²) in [5.74, 6) is -0.371. The minimum atomic E-state index is -0.576. The van der Waals surface area contributed by atoms with Crippen molar-refractivity contribution < 1.29 is 14.6 Å². The van der Waals surface area contributed by atoms with Gasteiger partial charge in [0.05, 0.1) is 25.6 Å². The first-order valence-electron chi connectivity index (χ1n) is 8.01. The summed E-state index contributed by atoms with van der Waals surface area (Å²) in [6, 6.07) is 5.44. The second-order valence-corrected chi connectivity index (χ2v) is 6.65. The van der Waals surface area contributed by atoms with Crippen molar-refractivity contribution in [2.45, 2.75) is 39.1 Å². The van der Waals surface area contributed by atoms with Crippen molar-refractivity contribution in [3.8, 4) is 5.69 Å². The molecule has 134 valence electrons. The van der Waals surface area contributed by atoms with Gasteiger partial charge in [-0.2, -0.15) is 4.68 Å². The van der Waals surface area contributed by atoms with Crippen LogP contribution in [0.4, 0.5) is 0 Å². The monoisotopic (exact) mass is 363 g/mol. The second-order valence-electron chi connectivity index (χ2n) is 6.28. The van der Waals surface area contributed by atoms with Crippen LogP contribution in [0.25, 0.3) is 5.69 Å². The van der Waals surface area contributed by atoms with Crippen molar-refractivity contribution in [1.29, 1.82) is 0 Å². The zero-order valence-electron chi connectivity index (χ0n) is 14.4. The van der Waals surface area contributed by atoms with Crippen molar-refractivity contribution in [3.63, 3.8) is 0 Å². The number of esters is 1. The summed E-state index contributed by atoms with van der Waals surface area (Å²) in [5.41, 5.74) is 3.17. The molecule has 2 heterocycles. The molecule has 0 aliphatic carbocycles. The molecule has 3 rings (SSSR count). The molecule has 1 aromatic carbocycles. The van der Waals surface area contributed by atoms with Crippen molar-refractivity contribution in [3.05, 3.63) is 34.1 Å². The molecule has 0 spiro atoms. The van der Waals surface area contributed by atoms with Gasteiger partial charge < -0.3 is 9.84 Å². The van der Waals surface area contributed by atoms with Crippen molar-refractivity contribution in [2.24, 2.45) is 0 Å². The number of rotatable bonds is 4. The SMILES string of the molecule is COC(=O)[C@@H]1C[C@H](O)CN1Cn1nnn(-c2ccc(C)c(C)c2)c1=S. The number of ether oxygens (including phenoxy) is 1. The molecule has 0 amide bonds. The maximum atomic E-state index is 11.9. The Morgan fingerprint density at radius 3 is 2.80 bits per heavy atom. The molecule has 1 aliphatic heterocycles. The first kappa shape index (κ1) is 17.7. The molecular formula is C16H21N5O3S. The molecule has 8 nitrogen and oxygen atoms in total. The number of likely N-dealkylation sites (tertiary alicyclic amines) is 1. The van der Waals surface area contributed by atoms with Crippen LogP contribution in [0, 0.1) is 18.6 Å². The van der Waals surface area contributed by atoms with Gasteiger partial charge in [0.1, 0.15) is 6.04 Å². The number of carbonyl (C=O) groups excluding carboxylic acids is 1. The average molecular weight is 363 g/mol. The van der Waals surface area contributed by atoms with Crippen LogP contribution in [0.2, 0.25) is 0 Å². The van der Waals surface area contributed by atoms with Crippen LogP contribution in [0.15, 0.2) is 18.2 Å². The Morgan fingerprint density at radius 2 is 2.12 bits per heavy atom. The fourth-order valence-corrected chi connectivity index (χ4v) is 3.21. The summed E-state index contributed by atoms with van der Waals surface area (Å²) in [5, 5.41) is 18.1. The number of aromatic nitrogens is 4. The van der Waals surface area contributed by atoms with Gasteiger partial charge in [-0.3, -0.25) is 9.69 Å². The zero-order valence-corrected chi connectivity index (χ0v) is 15.2. The zero-order chi connectivity index (χ0) is 18.1. The van der Waals surface area contributed by atoms with E-state index in [4.69, 9.17) is 17.0 Å². The maximum Gasteiger partial charge on any atom is 0.323 e. The number of tetrazole rings is 1. The molecule has 1 aromatic heterocycles. The lowest BCUT2D eigenvalue weighted by Crippen LogP contribution is -2.38. The van der Waals surface area contributed by atoms with E-state index >= 15 is 0 Å². The second kappa shape index (κ2) is 7.03. The largest absolute Gasteiger partial charge is 0.468 e. The van der Waals surface area contributed by atoms with Gasteiger partial charge in [0.15, 0.2) is 0 Å². The van der Waals surface area contributed by atoms with E-state index in [1.807, 2.05) is 32.0 Å². The van der Waals surface area contributed by atoms with E-state index in [0.29, 0.717) is 17.7 Å². The topological polar surface area (TPSA) is 85.4 Å². The predicted molar refractivity (Wildman–Crippen MR) is 92.8 cm³/mol. The van der Waals surface area contributed by atoms with Crippen LogP contribution in [-0.4, -0.2) is 61.6 Å². The fourth-order valence-electron chi connectivity index (χ4n) is 2.97. The number of hydrogen-bond acceptors (Lipinski definition) is 7. The van der Waals surface area contributed by atoms with Gasteiger partial charge in [-0.05, 0) is 59.8 Å². The minimum Gasteiger partial charge on any atom is -0.468 e. The van der Waals surface area contributed by atoms with Crippen LogP contribution in [0.3, 0.4) is 0 Å². The number of β-amino-alcohol motifs (C(OH)–C–C–N with tert-alkyl or cyclic N) is 1. The molecular weight excluding hydrogens is 342 g/mol. The van der Waals surface area contributed by atoms with E-state index in [9.17, 15) is 9.90 Å². The molecule has 1 fully saturated rings. The van der Waals surface area contributed by atoms with Crippen LogP contribution in [0.1, 0.15) is 17.5 Å². The summed E-state index contributed by atoms with van der Waals surface area (Å²) >= 11 is 5.48. The van der Waals surface area contributed by atoms with Gasteiger partial charge in [-0.15, -0.1) is 0 Å². The molecule has 0 unspecified atom stereocenters. The van der Waals surface area contributed by atoms with E-state index in [0.717, 1.165) is 11.3 Å². The molecule has 2 aromatic rings. The number of methoxy groups -OCH3 is 1. The molecule has 0 radical (unpaired) electrons. The van der Waals surface area contributed by atoms with E-state index < -0.39 is 12.1 Å². The number of aliphatic hydroxyl groups is 1. The molecule has 1 saturated heterocycles. The summed E-state index contributed by atoms with van der Waals surface area (Å²) in [7, 11) is 1.34. The van der Waals surface area contributed by atoms with Crippen LogP contribution in [0.5, 0.6) is 0 Å². The van der Waals surface area contributed by atoms with E-state index in [1.165, 1.54) is 12.7 Å². The third kappa shape index (κ3) is 3.48. The van der Waals surface area contributed by atoms with Gasteiger partial charge >= 0.3 is 5.97 Å². The Bertz CT molecular complexity index is 847. The van der Waals surface area contributed by atoms with Crippen molar-refractivity contribution >= 4 is 18.2 Å². The summed E-state index contributed by atoms with van der Waals surface area (Å²) in [6.45, 7) is 4.69. The van der Waals surface area contributed by atoms with Crippen molar-refractivity contribution in [2.75, 3.05) is 13.7 Å². The molecule has 0 bridgehead atoms. The number of aliphatic hydroxyl groups excluding tert-OH is 1. The minimum absolute atomic E-state index is 0.264. The molecule has 25 heavy (non-hydrogen) atoms. The van der Waals surface area contributed by atoms with Gasteiger partial charge in [0.2, 0.25) is 4.77 Å². The highest BCUT2D eigenvalue weighted by molar-refractivity contribution is 7.71. The number of benzene rings is 1. The van der Waals surface area contributed by atoms with Crippen molar-refractivity contribution in [1.82, 2.24) is 24.7 Å². The highest BCUT2D eigenvalue weighted by Crippen LogP contribution is 2.20. The Hall–Kier alpha value is -2.10. The van der Waals surface area contributed by atoms with Crippen LogP contribution >= 0.6 is 12.2 Å². The maximum absolute atomic E-state index is 11.9. The third-order valence-corrected chi connectivity index (χ3v) is 4.93. The first-order valence-corrected chi connectivity index (χ1v) is 8.42. The Balaban J connectivity index is 1.85. The highest BCUT2D eigenvalue weighted by atomic mass is 32.1. The Kier molecular flexibility index (Phi) is 4.98. The molecule has 0 saturated carbocycles. The van der Waals surface area contributed by atoms with E-state index in [-0.39, 0.29) is 12.6 Å². The van der Waals surface area contributed by atoms with Crippen LogP contribution < -0.4 is 0 Å². The highest BCUT2D eigenvalue weighted by Gasteiger charge is 2.37. The smallest absolute Gasteiger partial charge is 0.323 e. The lowest BCUT2D eigenvalue weighted by Gasteiger charge is -2.21. The van der Waals surface area contributed by atoms with E-state index in [2.05, 4.69) is 10.4 Å². The summed E-state index contributed by atoms with van der Waals surface area (Å²) < 4.78 is 8.36. The molecule has 1 aliphatic rings. The van der Waals surface area contributed by atoms with E-state index in [1.54, 1.807) is 14.3 Å². The lowest BCUT2D eigenvalue weighted by atomic mass is 10.1. The number of carbonyl (C=O) groups is 1. The third-order valence-electron chi connectivity index (χ3n) is 4.54. The Labute approximate surface area is 150 Å². The lowest BCUT2D eigenvalue weighted by molar-refractivity contribution is -0.146. The van der Waals surface area contributed by atoms with Gasteiger partial charge in [0, 0.05) is 13.0 Å². The predicted octanol–water partition coefficient (Wildman–Crippen LogP) is 0.981. The normalized spacial score (nSPS) is 20.8. The first-order chi connectivity index (χ1) is 11.9. The molecule has 1 N–H and O–H groups in total. The Morgan fingerprint density at radius 1 is 1.36 bits per heavy atom. The number of aryl methyl sites for hydroxylation is 2. The van der Waals surface area contributed by atoms with Gasteiger partial charge in [-0.25, -0.2) is 4.68 Å². The molecule has 2 atom stereocenters. The van der Waals surface area contributed by atoms with Crippen LogP contribution in [-0.2, 0) is 16.2 Å². The van der Waals surface area contributed by atoms with Gasteiger partial charge in [-0.1, -0.05) is 6.07 Å². The average Bonchev–Trinajstić information content (AvgIpc) is 3.13. The summed E-state index contributed by atoms with van der Waals surface area (Å²) in [4.78, 5) is 13.7. The molecule has 9 heteroatoms. The summed E-state index contributed by atoms with van der Waals surface area (Å²) in [6.07, 6.45) is -0.237.